The van der Waals surface area contributed by atoms with Gasteiger partial charge in [0.05, 0.1) is 27.2 Å². The van der Waals surface area contributed by atoms with Crippen LogP contribution in [0.25, 0.3) is 0 Å². The Bertz CT molecular complexity index is 896. The Balaban J connectivity index is 1.77. The van der Waals surface area contributed by atoms with Gasteiger partial charge < -0.3 is 24.4 Å². The van der Waals surface area contributed by atoms with Crippen molar-refractivity contribution in [2.75, 3.05) is 38.1 Å². The smallest absolute Gasteiger partial charge is 0.229 e. The van der Waals surface area contributed by atoms with E-state index in [1.54, 1.807) is 17.0 Å². The normalized spacial score (nSPS) is 16.0. The van der Waals surface area contributed by atoms with Gasteiger partial charge in [0, 0.05) is 36.5 Å². The fraction of sp³-hybridized carbons (Fsp3) is 0.364. The minimum atomic E-state index is -0.442. The van der Waals surface area contributed by atoms with Gasteiger partial charge in [0.15, 0.2) is 11.5 Å². The number of anilines is 2. The summed E-state index contributed by atoms with van der Waals surface area (Å²) in [6, 6.07) is 9.31. The molecule has 0 aliphatic carbocycles. The summed E-state index contributed by atoms with van der Waals surface area (Å²) in [7, 11) is 4.55. The highest BCUT2D eigenvalue weighted by molar-refractivity contribution is 6.03. The second-order valence-electron chi connectivity index (χ2n) is 7.15. The van der Waals surface area contributed by atoms with Gasteiger partial charge in [-0.3, -0.25) is 9.59 Å². The van der Waals surface area contributed by atoms with Gasteiger partial charge in [-0.25, -0.2) is 0 Å². The van der Waals surface area contributed by atoms with Gasteiger partial charge >= 0.3 is 0 Å². The number of ether oxygens (including phenoxy) is 3. The number of nitrogens with one attached hydrogen (secondary N) is 1. The molecule has 0 bridgehead atoms. The summed E-state index contributed by atoms with van der Waals surface area (Å²) < 4.78 is 15.9. The maximum Gasteiger partial charge on any atom is 0.229 e. The average molecular weight is 398 g/mol. The molecule has 3 rings (SSSR count). The molecule has 1 atom stereocenters. The predicted molar refractivity (Wildman–Crippen MR) is 111 cm³/mol. The summed E-state index contributed by atoms with van der Waals surface area (Å²) in [5, 5.41) is 2.87. The van der Waals surface area contributed by atoms with Crippen LogP contribution in [0.2, 0.25) is 0 Å². The van der Waals surface area contributed by atoms with E-state index < -0.39 is 5.92 Å². The summed E-state index contributed by atoms with van der Waals surface area (Å²) >= 11 is 0. The highest BCUT2D eigenvalue weighted by atomic mass is 16.5. The van der Waals surface area contributed by atoms with Crippen LogP contribution >= 0.6 is 0 Å². The van der Waals surface area contributed by atoms with E-state index >= 15 is 0 Å². The van der Waals surface area contributed by atoms with Crippen molar-refractivity contribution >= 4 is 23.2 Å². The van der Waals surface area contributed by atoms with E-state index in [9.17, 15) is 9.59 Å². The van der Waals surface area contributed by atoms with E-state index in [0.29, 0.717) is 29.5 Å². The highest BCUT2D eigenvalue weighted by Crippen LogP contribution is 2.40. The van der Waals surface area contributed by atoms with Gasteiger partial charge in [-0.2, -0.15) is 0 Å². The van der Waals surface area contributed by atoms with E-state index in [4.69, 9.17) is 14.2 Å². The average Bonchev–Trinajstić information content (AvgIpc) is 3.08. The lowest BCUT2D eigenvalue weighted by Gasteiger charge is -2.18. The van der Waals surface area contributed by atoms with Crippen molar-refractivity contribution in [1.82, 2.24) is 0 Å². The lowest BCUT2D eigenvalue weighted by Crippen LogP contribution is -2.28. The Morgan fingerprint density at radius 1 is 0.966 bits per heavy atom. The van der Waals surface area contributed by atoms with Gasteiger partial charge in [0.1, 0.15) is 0 Å². The van der Waals surface area contributed by atoms with Crippen LogP contribution in [0.1, 0.15) is 17.5 Å². The first-order valence-corrected chi connectivity index (χ1v) is 9.35. The first-order valence-electron chi connectivity index (χ1n) is 9.35. The number of hydrogen-bond donors (Lipinski definition) is 1. The molecule has 2 amide bonds. The summed E-state index contributed by atoms with van der Waals surface area (Å²) in [4.78, 5) is 27.0. The molecule has 29 heavy (non-hydrogen) atoms. The number of nitrogens with zero attached hydrogens (tertiary/aromatic N) is 1. The topological polar surface area (TPSA) is 77.1 Å². The van der Waals surface area contributed by atoms with Gasteiger partial charge in [-0.1, -0.05) is 6.07 Å². The molecule has 1 N–H and O–H groups in total. The monoisotopic (exact) mass is 398 g/mol. The van der Waals surface area contributed by atoms with Crippen LogP contribution in [0.3, 0.4) is 0 Å². The van der Waals surface area contributed by atoms with Crippen molar-refractivity contribution in [3.8, 4) is 17.2 Å². The van der Waals surface area contributed by atoms with Crippen molar-refractivity contribution < 1.29 is 23.8 Å². The van der Waals surface area contributed by atoms with E-state index in [0.717, 1.165) is 16.8 Å². The number of hydrogen-bond acceptors (Lipinski definition) is 5. The van der Waals surface area contributed by atoms with E-state index in [2.05, 4.69) is 11.4 Å². The third-order valence-corrected chi connectivity index (χ3v) is 4.95. The zero-order valence-corrected chi connectivity index (χ0v) is 17.4. The number of rotatable bonds is 6. The molecule has 1 fully saturated rings. The Labute approximate surface area is 170 Å². The predicted octanol–water partition coefficient (Wildman–Crippen LogP) is 3.32. The van der Waals surface area contributed by atoms with Crippen LogP contribution in [0.5, 0.6) is 17.2 Å². The third-order valence-electron chi connectivity index (χ3n) is 4.95. The first kappa shape index (κ1) is 20.5. The molecular formula is C22H26N2O5. The van der Waals surface area contributed by atoms with Gasteiger partial charge in [-0.05, 0) is 37.1 Å². The molecule has 0 aromatic heterocycles. The number of benzene rings is 2. The van der Waals surface area contributed by atoms with Crippen molar-refractivity contribution in [1.29, 1.82) is 0 Å². The molecule has 2 aromatic rings. The second-order valence-corrected chi connectivity index (χ2v) is 7.15. The summed E-state index contributed by atoms with van der Waals surface area (Å²) in [5.41, 5.74) is 3.51. The lowest BCUT2D eigenvalue weighted by atomic mass is 10.1. The van der Waals surface area contributed by atoms with Crippen LogP contribution in [-0.4, -0.2) is 39.7 Å². The largest absolute Gasteiger partial charge is 0.493 e. The first-order chi connectivity index (χ1) is 13.9. The Morgan fingerprint density at radius 3 is 2.07 bits per heavy atom. The van der Waals surface area contributed by atoms with Crippen molar-refractivity contribution in [3.63, 3.8) is 0 Å². The third kappa shape index (κ3) is 4.29. The van der Waals surface area contributed by atoms with Crippen molar-refractivity contribution in [2.24, 2.45) is 5.92 Å². The Morgan fingerprint density at radius 2 is 1.55 bits per heavy atom. The molecule has 1 aliphatic rings. The van der Waals surface area contributed by atoms with Gasteiger partial charge in [-0.15, -0.1) is 0 Å². The maximum atomic E-state index is 12.8. The van der Waals surface area contributed by atoms with Gasteiger partial charge in [0.25, 0.3) is 0 Å². The fourth-order valence-electron chi connectivity index (χ4n) is 3.64. The maximum absolute atomic E-state index is 12.8. The molecule has 1 saturated heterocycles. The fourth-order valence-corrected chi connectivity index (χ4v) is 3.64. The number of amides is 2. The van der Waals surface area contributed by atoms with Crippen molar-refractivity contribution in [2.45, 2.75) is 20.3 Å². The molecule has 0 spiro atoms. The van der Waals surface area contributed by atoms with Crippen LogP contribution in [0, 0.1) is 19.8 Å². The minimum Gasteiger partial charge on any atom is -0.493 e. The second kappa shape index (κ2) is 8.43. The summed E-state index contributed by atoms with van der Waals surface area (Å²) in [6.45, 7) is 4.33. The Kier molecular flexibility index (Phi) is 5.96. The molecule has 1 aliphatic heterocycles. The molecule has 2 aromatic carbocycles. The minimum absolute atomic E-state index is 0.0555. The molecule has 1 unspecified atom stereocenters. The molecule has 0 radical (unpaired) electrons. The zero-order chi connectivity index (χ0) is 21.1. The van der Waals surface area contributed by atoms with E-state index in [1.807, 2.05) is 26.0 Å². The van der Waals surface area contributed by atoms with Crippen LogP contribution in [0.15, 0.2) is 30.3 Å². The van der Waals surface area contributed by atoms with E-state index in [-0.39, 0.29) is 18.2 Å². The highest BCUT2D eigenvalue weighted by Gasteiger charge is 2.35. The lowest BCUT2D eigenvalue weighted by molar-refractivity contribution is -0.122. The zero-order valence-electron chi connectivity index (χ0n) is 17.4. The SMILES string of the molecule is COc1cc(NC(=O)C2CC(=O)N(c3cc(C)cc(C)c3)C2)cc(OC)c1OC. The quantitative estimate of drug-likeness (QED) is 0.808. The molecular weight excluding hydrogens is 372 g/mol. The van der Waals surface area contributed by atoms with E-state index in [1.165, 1.54) is 21.3 Å². The van der Waals surface area contributed by atoms with Crippen LogP contribution in [-0.2, 0) is 9.59 Å². The number of carbonyl (C=O) groups excluding carboxylic acids is 2. The summed E-state index contributed by atoms with van der Waals surface area (Å²) in [6.07, 6.45) is 0.170. The Hall–Kier alpha value is -3.22. The van der Waals surface area contributed by atoms with Crippen molar-refractivity contribution in [3.05, 3.63) is 41.5 Å². The molecule has 1 heterocycles. The molecule has 7 heteroatoms. The standard InChI is InChI=1S/C22H26N2O5/c1-13-6-14(2)8-17(7-13)24-12-15(9-20(24)25)22(26)23-16-10-18(27-3)21(29-5)19(11-16)28-4/h6-8,10-11,15H,9,12H2,1-5H3,(H,23,26). The number of methoxy groups -OCH3 is 3. The van der Waals surface area contributed by atoms with Crippen LogP contribution < -0.4 is 24.4 Å². The molecule has 7 nitrogen and oxygen atoms in total. The molecule has 0 saturated carbocycles. The molecule has 154 valence electrons. The van der Waals surface area contributed by atoms with Crippen LogP contribution in [0.4, 0.5) is 11.4 Å². The summed E-state index contributed by atoms with van der Waals surface area (Å²) in [5.74, 6) is 0.620. The number of carbonyl (C=O) groups is 2. The van der Waals surface area contributed by atoms with Gasteiger partial charge in [0.2, 0.25) is 17.6 Å². The number of aryl methyl sites for hydroxylation is 2.